The summed E-state index contributed by atoms with van der Waals surface area (Å²) in [5.41, 5.74) is 6.73. The number of hydrogen-bond acceptors (Lipinski definition) is 4. The van der Waals surface area contributed by atoms with Crippen molar-refractivity contribution in [3.8, 4) is 5.75 Å². The van der Waals surface area contributed by atoms with Gasteiger partial charge in [-0.25, -0.2) is 0 Å². The van der Waals surface area contributed by atoms with E-state index in [0.29, 0.717) is 30.0 Å². The molecule has 0 bridgehead atoms. The summed E-state index contributed by atoms with van der Waals surface area (Å²) >= 11 is 0. The molecule has 1 aromatic carbocycles. The molecule has 4 N–H and O–H groups in total. The van der Waals surface area contributed by atoms with Crippen LogP contribution in [0.15, 0.2) is 18.2 Å². The lowest BCUT2D eigenvalue weighted by Crippen LogP contribution is -2.19. The van der Waals surface area contributed by atoms with Crippen molar-refractivity contribution < 1.29 is 14.3 Å². The fraction of sp³-hybridized carbons (Fsp3) is 0.429. The fourth-order valence-corrected chi connectivity index (χ4v) is 1.66. The van der Waals surface area contributed by atoms with Crippen LogP contribution in [0.5, 0.6) is 5.75 Å². The third-order valence-electron chi connectivity index (χ3n) is 2.62. The molecule has 0 aromatic heterocycles. The van der Waals surface area contributed by atoms with Crippen molar-refractivity contribution in [1.29, 1.82) is 0 Å². The highest BCUT2D eigenvalue weighted by molar-refractivity contribution is 5.94. The van der Waals surface area contributed by atoms with Crippen LogP contribution in [0.2, 0.25) is 0 Å². The molecule has 1 rings (SSSR count). The van der Waals surface area contributed by atoms with E-state index in [1.165, 1.54) is 14.0 Å². The van der Waals surface area contributed by atoms with Crippen molar-refractivity contribution in [1.82, 2.24) is 0 Å². The van der Waals surface area contributed by atoms with Gasteiger partial charge >= 0.3 is 0 Å². The standard InChI is InChI=1S/C14H21N3O3/c1-9(15)4-7-14(19)17-11-5-6-13(20-3)12(8-11)16-10(2)18/h5-6,8-9H,4,7,15H2,1-3H3,(H,16,18)(H,17,19). The normalized spacial score (nSPS) is 11.6. The zero-order valence-corrected chi connectivity index (χ0v) is 12.0. The van der Waals surface area contributed by atoms with Crippen LogP contribution < -0.4 is 21.1 Å². The van der Waals surface area contributed by atoms with Gasteiger partial charge in [0.15, 0.2) is 0 Å². The van der Waals surface area contributed by atoms with E-state index < -0.39 is 0 Å². The van der Waals surface area contributed by atoms with Crippen molar-refractivity contribution >= 4 is 23.2 Å². The van der Waals surface area contributed by atoms with E-state index in [1.807, 2.05) is 6.92 Å². The van der Waals surface area contributed by atoms with Crippen LogP contribution in [0.3, 0.4) is 0 Å². The summed E-state index contributed by atoms with van der Waals surface area (Å²) in [6.45, 7) is 3.27. The Morgan fingerprint density at radius 2 is 2.05 bits per heavy atom. The second kappa shape index (κ2) is 7.49. The highest BCUT2D eigenvalue weighted by Gasteiger charge is 2.09. The molecule has 110 valence electrons. The SMILES string of the molecule is COc1ccc(NC(=O)CCC(C)N)cc1NC(C)=O. The molecular formula is C14H21N3O3. The van der Waals surface area contributed by atoms with Crippen LogP contribution in [-0.4, -0.2) is 25.0 Å². The van der Waals surface area contributed by atoms with Crippen molar-refractivity contribution in [3.63, 3.8) is 0 Å². The molecule has 0 saturated heterocycles. The van der Waals surface area contributed by atoms with Gasteiger partial charge in [0, 0.05) is 25.1 Å². The van der Waals surface area contributed by atoms with Gasteiger partial charge < -0.3 is 21.1 Å². The molecule has 0 fully saturated rings. The maximum absolute atomic E-state index is 11.7. The van der Waals surface area contributed by atoms with E-state index in [2.05, 4.69) is 10.6 Å². The van der Waals surface area contributed by atoms with Crippen molar-refractivity contribution in [2.45, 2.75) is 32.7 Å². The summed E-state index contributed by atoms with van der Waals surface area (Å²) < 4.78 is 5.14. The summed E-state index contributed by atoms with van der Waals surface area (Å²) in [7, 11) is 1.52. The van der Waals surface area contributed by atoms with Gasteiger partial charge in [0.1, 0.15) is 5.75 Å². The van der Waals surface area contributed by atoms with Gasteiger partial charge in [-0.05, 0) is 31.5 Å². The minimum atomic E-state index is -0.205. The topological polar surface area (TPSA) is 93.4 Å². The second-order valence-electron chi connectivity index (χ2n) is 4.66. The van der Waals surface area contributed by atoms with Crippen LogP contribution >= 0.6 is 0 Å². The highest BCUT2D eigenvalue weighted by atomic mass is 16.5. The number of rotatable bonds is 6. The monoisotopic (exact) mass is 279 g/mol. The molecule has 20 heavy (non-hydrogen) atoms. The first kappa shape index (κ1) is 16.0. The quantitative estimate of drug-likeness (QED) is 0.739. The predicted octanol–water partition coefficient (Wildman–Crippen LogP) is 1.72. The number of nitrogens with two attached hydrogens (primary N) is 1. The number of hydrogen-bond donors (Lipinski definition) is 3. The molecule has 1 aromatic rings. The maximum Gasteiger partial charge on any atom is 0.224 e. The molecule has 0 saturated carbocycles. The Morgan fingerprint density at radius 3 is 2.60 bits per heavy atom. The minimum Gasteiger partial charge on any atom is -0.495 e. The Kier molecular flexibility index (Phi) is 5.99. The molecule has 2 amide bonds. The molecular weight excluding hydrogens is 258 g/mol. The van der Waals surface area contributed by atoms with E-state index in [4.69, 9.17) is 10.5 Å². The van der Waals surface area contributed by atoms with E-state index in [-0.39, 0.29) is 17.9 Å². The third kappa shape index (κ3) is 5.27. The summed E-state index contributed by atoms with van der Waals surface area (Å²) in [4.78, 5) is 22.8. The summed E-state index contributed by atoms with van der Waals surface area (Å²) in [5, 5.41) is 5.41. The maximum atomic E-state index is 11.7. The Hall–Kier alpha value is -2.08. The van der Waals surface area contributed by atoms with Gasteiger partial charge in [0.25, 0.3) is 0 Å². The summed E-state index contributed by atoms with van der Waals surface area (Å²) in [6, 6.07) is 5.05. The number of carbonyl (C=O) groups excluding carboxylic acids is 2. The lowest BCUT2D eigenvalue weighted by Gasteiger charge is -2.12. The lowest BCUT2D eigenvalue weighted by molar-refractivity contribution is -0.116. The molecule has 0 spiro atoms. The highest BCUT2D eigenvalue weighted by Crippen LogP contribution is 2.27. The first-order chi connectivity index (χ1) is 9.42. The van der Waals surface area contributed by atoms with Crippen molar-refractivity contribution in [2.75, 3.05) is 17.7 Å². The van der Waals surface area contributed by atoms with Crippen LogP contribution in [0.1, 0.15) is 26.7 Å². The van der Waals surface area contributed by atoms with E-state index in [1.54, 1.807) is 18.2 Å². The summed E-state index contributed by atoms with van der Waals surface area (Å²) in [5.74, 6) is 0.221. The third-order valence-corrected chi connectivity index (χ3v) is 2.62. The predicted molar refractivity (Wildman–Crippen MR) is 78.8 cm³/mol. The van der Waals surface area contributed by atoms with Gasteiger partial charge in [-0.2, -0.15) is 0 Å². The van der Waals surface area contributed by atoms with Crippen LogP contribution in [0, 0.1) is 0 Å². The van der Waals surface area contributed by atoms with Gasteiger partial charge in [-0.3, -0.25) is 9.59 Å². The van der Waals surface area contributed by atoms with E-state index in [9.17, 15) is 9.59 Å². The van der Waals surface area contributed by atoms with Gasteiger partial charge in [-0.1, -0.05) is 0 Å². The number of anilines is 2. The van der Waals surface area contributed by atoms with Crippen LogP contribution in [-0.2, 0) is 9.59 Å². The molecule has 6 heteroatoms. The van der Waals surface area contributed by atoms with Crippen LogP contribution in [0.25, 0.3) is 0 Å². The Morgan fingerprint density at radius 1 is 1.35 bits per heavy atom. The Bertz CT molecular complexity index is 487. The molecule has 0 aliphatic rings. The number of ether oxygens (including phenoxy) is 1. The number of nitrogens with one attached hydrogen (secondary N) is 2. The molecule has 0 aliphatic carbocycles. The number of amides is 2. The van der Waals surface area contributed by atoms with Crippen molar-refractivity contribution in [2.24, 2.45) is 5.73 Å². The molecule has 0 heterocycles. The van der Waals surface area contributed by atoms with Crippen LogP contribution in [0.4, 0.5) is 11.4 Å². The average Bonchev–Trinajstić information content (AvgIpc) is 2.36. The molecule has 0 radical (unpaired) electrons. The fourth-order valence-electron chi connectivity index (χ4n) is 1.66. The number of benzene rings is 1. The zero-order chi connectivity index (χ0) is 15.1. The number of carbonyl (C=O) groups is 2. The number of methoxy groups -OCH3 is 1. The first-order valence-electron chi connectivity index (χ1n) is 6.43. The molecule has 6 nitrogen and oxygen atoms in total. The molecule has 1 atom stereocenters. The average molecular weight is 279 g/mol. The Balaban J connectivity index is 2.75. The second-order valence-corrected chi connectivity index (χ2v) is 4.66. The van der Waals surface area contributed by atoms with E-state index >= 15 is 0 Å². The minimum absolute atomic E-state index is 0.00782. The Labute approximate surface area is 118 Å². The molecule has 0 aliphatic heterocycles. The lowest BCUT2D eigenvalue weighted by atomic mass is 10.2. The summed E-state index contributed by atoms with van der Waals surface area (Å²) in [6.07, 6.45) is 0.986. The largest absolute Gasteiger partial charge is 0.495 e. The van der Waals surface area contributed by atoms with Gasteiger partial charge in [0.05, 0.1) is 12.8 Å². The zero-order valence-electron chi connectivity index (χ0n) is 12.0. The first-order valence-corrected chi connectivity index (χ1v) is 6.43. The van der Waals surface area contributed by atoms with Crippen molar-refractivity contribution in [3.05, 3.63) is 18.2 Å². The van der Waals surface area contributed by atoms with Gasteiger partial charge in [0.2, 0.25) is 11.8 Å². The smallest absolute Gasteiger partial charge is 0.224 e. The van der Waals surface area contributed by atoms with Gasteiger partial charge in [-0.15, -0.1) is 0 Å². The molecule has 1 unspecified atom stereocenters. The van der Waals surface area contributed by atoms with E-state index in [0.717, 1.165) is 0 Å².